The van der Waals surface area contributed by atoms with E-state index in [4.69, 9.17) is 4.74 Å². The molecule has 0 saturated carbocycles. The Hall–Kier alpha value is -1.37. The van der Waals surface area contributed by atoms with E-state index in [1.54, 1.807) is 23.1 Å². The van der Waals surface area contributed by atoms with Crippen molar-refractivity contribution >= 4 is 11.3 Å². The van der Waals surface area contributed by atoms with Gasteiger partial charge < -0.3 is 9.84 Å². The van der Waals surface area contributed by atoms with Crippen molar-refractivity contribution < 1.29 is 9.84 Å². The highest BCUT2D eigenvalue weighted by molar-refractivity contribution is 7.10. The van der Waals surface area contributed by atoms with Crippen molar-refractivity contribution in [2.24, 2.45) is 7.05 Å². The normalized spacial score (nSPS) is 20.1. The van der Waals surface area contributed by atoms with Crippen LogP contribution in [0.3, 0.4) is 0 Å². The molecular weight excluding hydrogens is 310 g/mol. The Morgan fingerprint density at radius 2 is 2.35 bits per heavy atom. The van der Waals surface area contributed by atoms with Gasteiger partial charge in [0.2, 0.25) is 5.88 Å². The number of nitrogens with zero attached hydrogens (tertiary/aromatic N) is 3. The molecule has 5 nitrogen and oxygen atoms in total. The Morgan fingerprint density at radius 1 is 1.52 bits per heavy atom. The summed E-state index contributed by atoms with van der Waals surface area (Å²) in [6.45, 7) is 3.94. The molecule has 1 N–H and O–H groups in total. The molecule has 2 aromatic rings. The summed E-state index contributed by atoms with van der Waals surface area (Å²) in [5, 5.41) is 16.9. The first-order valence-electron chi connectivity index (χ1n) is 8.12. The second-order valence-electron chi connectivity index (χ2n) is 6.23. The van der Waals surface area contributed by atoms with E-state index in [0.717, 1.165) is 47.9 Å². The van der Waals surface area contributed by atoms with Gasteiger partial charge in [0, 0.05) is 24.5 Å². The fourth-order valence-electron chi connectivity index (χ4n) is 3.55. The van der Waals surface area contributed by atoms with E-state index in [0.29, 0.717) is 6.04 Å². The minimum atomic E-state index is -0.363. The maximum atomic E-state index is 10.5. The van der Waals surface area contributed by atoms with E-state index in [9.17, 15) is 5.11 Å². The SMILES string of the molecule is COc1c(CN2CCCC2CC(O)c2cccs2)c(C)nn1C. The topological polar surface area (TPSA) is 50.5 Å². The van der Waals surface area contributed by atoms with Crippen molar-refractivity contribution in [2.75, 3.05) is 13.7 Å². The average molecular weight is 335 g/mol. The van der Waals surface area contributed by atoms with E-state index in [1.807, 2.05) is 31.5 Å². The standard InChI is InChI=1S/C17H25N3O2S/c1-12-14(17(22-3)19(2)18-12)11-20-8-4-6-13(20)10-15(21)16-7-5-9-23-16/h5,7,9,13,15,21H,4,6,8,10-11H2,1-3H3. The molecule has 2 aromatic heterocycles. The number of aryl methyl sites for hydroxylation is 2. The lowest BCUT2D eigenvalue weighted by Crippen LogP contribution is -2.30. The Kier molecular flexibility index (Phi) is 5.04. The molecule has 3 rings (SSSR count). The second-order valence-corrected chi connectivity index (χ2v) is 7.21. The van der Waals surface area contributed by atoms with E-state index in [2.05, 4.69) is 10.00 Å². The molecule has 1 aliphatic rings. The molecule has 1 aliphatic heterocycles. The minimum absolute atomic E-state index is 0.363. The molecule has 0 radical (unpaired) electrons. The summed E-state index contributed by atoms with van der Waals surface area (Å²) in [6, 6.07) is 4.43. The summed E-state index contributed by atoms with van der Waals surface area (Å²) in [5.41, 5.74) is 2.18. The summed E-state index contributed by atoms with van der Waals surface area (Å²) in [7, 11) is 3.61. The zero-order valence-electron chi connectivity index (χ0n) is 14.0. The van der Waals surface area contributed by atoms with Crippen LogP contribution in [0.15, 0.2) is 17.5 Å². The lowest BCUT2D eigenvalue weighted by atomic mass is 10.1. The van der Waals surface area contributed by atoms with E-state index in [1.165, 1.54) is 6.42 Å². The number of aliphatic hydroxyl groups excluding tert-OH is 1. The Labute approximate surface area is 141 Å². The van der Waals surface area contributed by atoms with Crippen LogP contribution in [0.5, 0.6) is 5.88 Å². The number of hydrogen-bond acceptors (Lipinski definition) is 5. The van der Waals surface area contributed by atoms with Crippen LogP contribution in [0.4, 0.5) is 0 Å². The van der Waals surface area contributed by atoms with Crippen LogP contribution < -0.4 is 4.74 Å². The lowest BCUT2D eigenvalue weighted by molar-refractivity contribution is 0.120. The quantitative estimate of drug-likeness (QED) is 0.882. The molecule has 23 heavy (non-hydrogen) atoms. The number of rotatable bonds is 6. The smallest absolute Gasteiger partial charge is 0.216 e. The highest BCUT2D eigenvalue weighted by atomic mass is 32.1. The van der Waals surface area contributed by atoms with Gasteiger partial charge in [0.25, 0.3) is 0 Å². The van der Waals surface area contributed by atoms with Crippen molar-refractivity contribution in [3.63, 3.8) is 0 Å². The summed E-state index contributed by atoms with van der Waals surface area (Å²) in [4.78, 5) is 3.52. The van der Waals surface area contributed by atoms with Crippen LogP contribution in [0.2, 0.25) is 0 Å². The molecule has 0 aliphatic carbocycles. The van der Waals surface area contributed by atoms with Crippen LogP contribution in [0, 0.1) is 6.92 Å². The van der Waals surface area contributed by atoms with Crippen LogP contribution in [-0.2, 0) is 13.6 Å². The molecular formula is C17H25N3O2S. The lowest BCUT2D eigenvalue weighted by Gasteiger charge is -2.26. The third kappa shape index (κ3) is 3.44. The third-order valence-corrected chi connectivity index (χ3v) is 5.68. The number of hydrogen-bond donors (Lipinski definition) is 1. The fraction of sp³-hybridized carbons (Fsp3) is 0.588. The highest BCUT2D eigenvalue weighted by Gasteiger charge is 2.29. The van der Waals surface area contributed by atoms with Crippen molar-refractivity contribution in [3.05, 3.63) is 33.6 Å². The van der Waals surface area contributed by atoms with Crippen molar-refractivity contribution in [3.8, 4) is 5.88 Å². The predicted molar refractivity (Wildman–Crippen MR) is 91.8 cm³/mol. The molecule has 0 spiro atoms. The molecule has 2 unspecified atom stereocenters. The summed E-state index contributed by atoms with van der Waals surface area (Å²) in [5.74, 6) is 0.840. The average Bonchev–Trinajstić information content (AvgIpc) is 3.22. The van der Waals surface area contributed by atoms with Gasteiger partial charge in [-0.1, -0.05) is 6.07 Å². The van der Waals surface area contributed by atoms with Crippen LogP contribution in [0.25, 0.3) is 0 Å². The van der Waals surface area contributed by atoms with Gasteiger partial charge in [0.05, 0.1) is 24.5 Å². The first-order chi connectivity index (χ1) is 11.1. The van der Waals surface area contributed by atoms with E-state index in [-0.39, 0.29) is 6.10 Å². The van der Waals surface area contributed by atoms with Crippen LogP contribution in [0.1, 0.15) is 41.5 Å². The largest absolute Gasteiger partial charge is 0.481 e. The Bertz CT molecular complexity index is 639. The van der Waals surface area contributed by atoms with Crippen molar-refractivity contribution in [1.82, 2.24) is 14.7 Å². The number of ether oxygens (including phenoxy) is 1. The van der Waals surface area contributed by atoms with Crippen LogP contribution >= 0.6 is 11.3 Å². The van der Waals surface area contributed by atoms with Gasteiger partial charge >= 0.3 is 0 Å². The first kappa shape index (κ1) is 16.5. The van der Waals surface area contributed by atoms with Gasteiger partial charge in [-0.05, 0) is 44.2 Å². The van der Waals surface area contributed by atoms with Crippen molar-refractivity contribution in [2.45, 2.75) is 44.9 Å². The fourth-order valence-corrected chi connectivity index (χ4v) is 4.27. The molecule has 3 heterocycles. The molecule has 0 bridgehead atoms. The predicted octanol–water partition coefficient (Wildman–Crippen LogP) is 2.89. The van der Waals surface area contributed by atoms with E-state index >= 15 is 0 Å². The van der Waals surface area contributed by atoms with Gasteiger partial charge in [0.15, 0.2) is 0 Å². The molecule has 1 saturated heterocycles. The Balaban J connectivity index is 1.70. The first-order valence-corrected chi connectivity index (χ1v) is 9.00. The van der Waals surface area contributed by atoms with Crippen molar-refractivity contribution in [1.29, 1.82) is 0 Å². The Morgan fingerprint density at radius 3 is 3.04 bits per heavy atom. The van der Waals surface area contributed by atoms with Gasteiger partial charge in [-0.25, -0.2) is 4.68 Å². The summed E-state index contributed by atoms with van der Waals surface area (Å²) >= 11 is 1.63. The number of likely N-dealkylation sites (tertiary alicyclic amines) is 1. The van der Waals surface area contributed by atoms with E-state index < -0.39 is 0 Å². The number of aliphatic hydroxyl groups is 1. The third-order valence-electron chi connectivity index (χ3n) is 4.71. The molecule has 2 atom stereocenters. The van der Waals surface area contributed by atoms with Gasteiger partial charge in [-0.2, -0.15) is 5.10 Å². The van der Waals surface area contributed by atoms with Gasteiger partial charge in [-0.3, -0.25) is 4.90 Å². The molecule has 0 amide bonds. The maximum absolute atomic E-state index is 10.5. The summed E-state index contributed by atoms with van der Waals surface area (Å²) in [6.07, 6.45) is 2.76. The number of thiophene rings is 1. The highest BCUT2D eigenvalue weighted by Crippen LogP contribution is 2.32. The van der Waals surface area contributed by atoms with Gasteiger partial charge in [0.1, 0.15) is 0 Å². The molecule has 0 aromatic carbocycles. The number of methoxy groups -OCH3 is 1. The minimum Gasteiger partial charge on any atom is -0.481 e. The zero-order chi connectivity index (χ0) is 16.4. The maximum Gasteiger partial charge on any atom is 0.216 e. The monoisotopic (exact) mass is 335 g/mol. The second kappa shape index (κ2) is 7.03. The number of aromatic nitrogens is 2. The molecule has 126 valence electrons. The van der Waals surface area contributed by atoms with Gasteiger partial charge in [-0.15, -0.1) is 11.3 Å². The molecule has 1 fully saturated rings. The summed E-state index contributed by atoms with van der Waals surface area (Å²) < 4.78 is 7.31. The van der Waals surface area contributed by atoms with Crippen LogP contribution in [-0.4, -0.2) is 39.5 Å². The molecule has 6 heteroatoms. The zero-order valence-corrected chi connectivity index (χ0v) is 14.8.